The first-order valence-electron chi connectivity index (χ1n) is 10.1. The van der Waals surface area contributed by atoms with Gasteiger partial charge in [0.25, 0.3) is 0 Å². The molecule has 7 atom stereocenters. The number of allylic oxidation sites excluding steroid dienone is 2. The molecule has 1 saturated carbocycles. The Labute approximate surface area is 165 Å². The highest BCUT2D eigenvalue weighted by atomic mass is 19.1. The predicted octanol–water partition coefficient (Wildman–Crippen LogP) is 3.69. The summed E-state index contributed by atoms with van der Waals surface area (Å²) in [5.41, 5.74) is -1.77. The summed E-state index contributed by atoms with van der Waals surface area (Å²) >= 11 is 0. The number of alkyl halides is 2. The molecule has 2 aliphatic rings. The molecule has 2 fully saturated rings. The van der Waals surface area contributed by atoms with Gasteiger partial charge >= 0.3 is 5.97 Å². The van der Waals surface area contributed by atoms with E-state index < -0.39 is 48.0 Å². The molecule has 1 saturated heterocycles. The molecule has 2 unspecified atom stereocenters. The van der Waals surface area contributed by atoms with Crippen LogP contribution in [0, 0.1) is 11.8 Å². The summed E-state index contributed by atoms with van der Waals surface area (Å²) in [6.45, 7) is 3.29. The zero-order valence-corrected chi connectivity index (χ0v) is 16.6. The van der Waals surface area contributed by atoms with E-state index in [0.29, 0.717) is 19.3 Å². The Bertz CT molecular complexity index is 589. The summed E-state index contributed by atoms with van der Waals surface area (Å²) in [6, 6.07) is 0. The first-order chi connectivity index (χ1) is 13.2. The summed E-state index contributed by atoms with van der Waals surface area (Å²) in [4.78, 5) is 10.5. The molecule has 0 amide bonds. The molecule has 3 N–H and O–H groups in total. The molecule has 0 spiro atoms. The van der Waals surface area contributed by atoms with E-state index in [1.165, 1.54) is 19.1 Å². The van der Waals surface area contributed by atoms with Crippen LogP contribution in [0.3, 0.4) is 0 Å². The van der Waals surface area contributed by atoms with Gasteiger partial charge in [0.05, 0.1) is 6.10 Å². The van der Waals surface area contributed by atoms with Crippen molar-refractivity contribution in [3.63, 3.8) is 0 Å². The van der Waals surface area contributed by atoms with Crippen molar-refractivity contribution in [1.29, 1.82) is 0 Å². The molecule has 7 heteroatoms. The van der Waals surface area contributed by atoms with Crippen molar-refractivity contribution in [2.45, 2.75) is 88.9 Å². The third kappa shape index (κ3) is 5.54. The summed E-state index contributed by atoms with van der Waals surface area (Å²) in [6.07, 6.45) is 3.20. The summed E-state index contributed by atoms with van der Waals surface area (Å²) in [7, 11) is 0. The Morgan fingerprint density at radius 2 is 2.14 bits per heavy atom. The van der Waals surface area contributed by atoms with Crippen LogP contribution >= 0.6 is 0 Å². The van der Waals surface area contributed by atoms with Gasteiger partial charge in [-0.25, -0.2) is 8.78 Å². The van der Waals surface area contributed by atoms with E-state index in [2.05, 4.69) is 0 Å². The van der Waals surface area contributed by atoms with Crippen LogP contribution in [-0.2, 0) is 9.53 Å². The van der Waals surface area contributed by atoms with E-state index in [0.717, 1.165) is 6.42 Å². The lowest BCUT2D eigenvalue weighted by atomic mass is 9.87. The minimum absolute atomic E-state index is 0.00951. The number of halogens is 2. The fourth-order valence-corrected chi connectivity index (χ4v) is 4.02. The van der Waals surface area contributed by atoms with E-state index in [-0.39, 0.29) is 25.0 Å². The lowest BCUT2D eigenvalue weighted by Gasteiger charge is -2.25. The van der Waals surface area contributed by atoms with Crippen LogP contribution in [0.1, 0.15) is 58.8 Å². The second-order valence-corrected chi connectivity index (χ2v) is 8.12. The molecular formula is C21H32F2O5. The Kier molecular flexibility index (Phi) is 8.01. The topological polar surface area (TPSA) is 87.0 Å². The number of ether oxygens (including phenoxy) is 1. The van der Waals surface area contributed by atoms with Crippen LogP contribution < -0.4 is 0 Å². The quantitative estimate of drug-likeness (QED) is 0.383. The Balaban J connectivity index is 2.00. The van der Waals surface area contributed by atoms with Crippen molar-refractivity contribution in [2.75, 3.05) is 0 Å². The number of aliphatic hydroxyl groups excluding tert-OH is 2. The normalized spacial score (nSPS) is 34.4. The SMILES string of the molecule is CCCCC(C)(F)[C@H](O)/C=C/[C@@H]1[C@H]2C(F)/C(=C/CCCC(=O)O)O[C@H]2C[C@H]1O. The van der Waals surface area contributed by atoms with Crippen molar-refractivity contribution < 1.29 is 33.6 Å². The number of hydrogen-bond donors (Lipinski definition) is 3. The maximum atomic E-state index is 14.9. The third-order valence-electron chi connectivity index (χ3n) is 5.78. The van der Waals surface area contributed by atoms with Crippen LogP contribution in [0.5, 0.6) is 0 Å². The number of rotatable bonds is 10. The molecule has 0 aromatic carbocycles. The zero-order valence-electron chi connectivity index (χ0n) is 16.6. The van der Waals surface area contributed by atoms with Crippen molar-refractivity contribution in [2.24, 2.45) is 11.8 Å². The summed E-state index contributed by atoms with van der Waals surface area (Å²) < 4.78 is 35.1. The zero-order chi connectivity index (χ0) is 20.9. The standard InChI is InChI=1S/C21H32F2O5/c1-3-4-11-21(2,23)17(25)10-9-13-14(24)12-16-19(13)20(22)15(28-16)7-5-6-8-18(26)27/h7,9-10,13-14,16-17,19-20,24-25H,3-6,8,11-12H2,1-2H3,(H,26,27)/b10-9+,15-7-/t13-,14+,16-,17+,19+,20?,21?/m0/s1. The highest BCUT2D eigenvalue weighted by molar-refractivity contribution is 5.66. The van der Waals surface area contributed by atoms with E-state index in [9.17, 15) is 23.8 Å². The number of carboxylic acids is 1. The van der Waals surface area contributed by atoms with Gasteiger partial charge in [-0.3, -0.25) is 4.79 Å². The number of fused-ring (bicyclic) bond motifs is 1. The van der Waals surface area contributed by atoms with Gasteiger partial charge in [0.2, 0.25) is 0 Å². The second kappa shape index (κ2) is 9.83. The van der Waals surface area contributed by atoms with E-state index in [1.807, 2.05) is 6.92 Å². The largest absolute Gasteiger partial charge is 0.491 e. The van der Waals surface area contributed by atoms with Gasteiger partial charge in [-0.1, -0.05) is 31.9 Å². The van der Waals surface area contributed by atoms with Crippen molar-refractivity contribution >= 4 is 5.97 Å². The number of aliphatic carboxylic acids is 1. The van der Waals surface area contributed by atoms with Crippen molar-refractivity contribution in [3.8, 4) is 0 Å². The number of carbonyl (C=O) groups is 1. The Morgan fingerprint density at radius 3 is 2.79 bits per heavy atom. The average Bonchev–Trinajstić information content (AvgIpc) is 3.09. The maximum Gasteiger partial charge on any atom is 0.303 e. The second-order valence-electron chi connectivity index (χ2n) is 8.12. The molecule has 0 radical (unpaired) electrons. The van der Waals surface area contributed by atoms with E-state index in [4.69, 9.17) is 9.84 Å². The van der Waals surface area contributed by atoms with Gasteiger partial charge in [0.1, 0.15) is 23.6 Å². The summed E-state index contributed by atoms with van der Waals surface area (Å²) in [5.74, 6) is -1.87. The Hall–Kier alpha value is -1.47. The van der Waals surface area contributed by atoms with Gasteiger partial charge in [0.15, 0.2) is 6.17 Å². The average molecular weight is 402 g/mol. The van der Waals surface area contributed by atoms with Crippen LogP contribution in [0.15, 0.2) is 24.0 Å². The van der Waals surface area contributed by atoms with Crippen LogP contribution in [0.2, 0.25) is 0 Å². The lowest BCUT2D eigenvalue weighted by molar-refractivity contribution is -0.137. The molecule has 0 aromatic rings. The monoisotopic (exact) mass is 402 g/mol. The first-order valence-corrected chi connectivity index (χ1v) is 10.1. The van der Waals surface area contributed by atoms with Gasteiger partial charge in [-0.05, 0) is 32.3 Å². The molecule has 28 heavy (non-hydrogen) atoms. The number of aliphatic hydroxyl groups is 2. The van der Waals surface area contributed by atoms with Crippen molar-refractivity contribution in [3.05, 3.63) is 24.0 Å². The van der Waals surface area contributed by atoms with Crippen molar-refractivity contribution in [1.82, 2.24) is 0 Å². The first kappa shape index (κ1) is 22.8. The lowest BCUT2D eigenvalue weighted by Crippen LogP contribution is -2.33. The molecule has 0 aromatic heterocycles. The maximum absolute atomic E-state index is 14.9. The van der Waals surface area contributed by atoms with Gasteiger partial charge in [-0.15, -0.1) is 0 Å². The molecule has 1 aliphatic heterocycles. The molecule has 1 heterocycles. The molecular weight excluding hydrogens is 370 g/mol. The summed E-state index contributed by atoms with van der Waals surface area (Å²) in [5, 5.41) is 29.1. The smallest absolute Gasteiger partial charge is 0.303 e. The van der Waals surface area contributed by atoms with Gasteiger partial charge in [0, 0.05) is 24.7 Å². The molecule has 1 aliphatic carbocycles. The fourth-order valence-electron chi connectivity index (χ4n) is 4.02. The molecule has 2 rings (SSSR count). The minimum atomic E-state index is -1.77. The van der Waals surface area contributed by atoms with Crippen LogP contribution in [-0.4, -0.2) is 51.4 Å². The predicted molar refractivity (Wildman–Crippen MR) is 101 cm³/mol. The molecule has 160 valence electrons. The minimum Gasteiger partial charge on any atom is -0.491 e. The van der Waals surface area contributed by atoms with Gasteiger partial charge < -0.3 is 20.1 Å². The van der Waals surface area contributed by atoms with E-state index >= 15 is 0 Å². The number of carboxylic acid groups (broad SMARTS) is 1. The van der Waals surface area contributed by atoms with Gasteiger partial charge in [-0.2, -0.15) is 0 Å². The van der Waals surface area contributed by atoms with Crippen LogP contribution in [0.25, 0.3) is 0 Å². The van der Waals surface area contributed by atoms with E-state index in [1.54, 1.807) is 6.08 Å². The highest BCUT2D eigenvalue weighted by Crippen LogP contribution is 2.47. The highest BCUT2D eigenvalue weighted by Gasteiger charge is 2.53. The number of hydrogen-bond acceptors (Lipinski definition) is 4. The third-order valence-corrected chi connectivity index (χ3v) is 5.78. The molecule has 0 bridgehead atoms. The molecule has 5 nitrogen and oxygen atoms in total. The fraction of sp³-hybridized carbons (Fsp3) is 0.762. The van der Waals surface area contributed by atoms with Crippen LogP contribution in [0.4, 0.5) is 8.78 Å². The number of unbranched alkanes of at least 4 members (excludes halogenated alkanes) is 2. The Morgan fingerprint density at radius 1 is 1.43 bits per heavy atom.